The number of nitrogens with one attached hydrogen (secondary N) is 1. The Labute approximate surface area is 172 Å². The smallest absolute Gasteiger partial charge is 0.322 e. The molecular formula is C22H18F3NO3S. The van der Waals surface area contributed by atoms with Crippen LogP contribution in [0, 0.1) is 6.92 Å². The summed E-state index contributed by atoms with van der Waals surface area (Å²) in [5.41, 5.74) is 0.790. The minimum atomic E-state index is -4.51. The molecule has 0 aliphatic carbocycles. The van der Waals surface area contributed by atoms with Gasteiger partial charge in [0.15, 0.2) is 9.84 Å². The molecule has 0 aromatic heterocycles. The highest BCUT2D eigenvalue weighted by atomic mass is 32.2. The fourth-order valence-electron chi connectivity index (χ4n) is 2.78. The standard InChI is InChI=1S/C22H18F3NO3S/c1-15-5-11-20(12-6-15)30(28,29)14-16-7-9-17(10-8-16)21(27)26-19-4-2-3-18(13-19)22(23,24)25/h2-13H,14H2,1H3,(H,26,27). The number of carbonyl (C=O) groups is 1. The number of aryl methyl sites for hydroxylation is 1. The van der Waals surface area contributed by atoms with Gasteiger partial charge in [0, 0.05) is 11.3 Å². The zero-order valence-electron chi connectivity index (χ0n) is 15.9. The Hall–Kier alpha value is -3.13. The molecule has 0 saturated heterocycles. The topological polar surface area (TPSA) is 63.2 Å². The van der Waals surface area contributed by atoms with Gasteiger partial charge in [0.2, 0.25) is 0 Å². The van der Waals surface area contributed by atoms with Gasteiger partial charge < -0.3 is 5.32 Å². The fraction of sp³-hybridized carbons (Fsp3) is 0.136. The lowest BCUT2D eigenvalue weighted by Crippen LogP contribution is -2.13. The predicted molar refractivity (Wildman–Crippen MR) is 108 cm³/mol. The largest absolute Gasteiger partial charge is 0.416 e. The van der Waals surface area contributed by atoms with Gasteiger partial charge in [-0.3, -0.25) is 4.79 Å². The molecule has 0 saturated carbocycles. The van der Waals surface area contributed by atoms with Crippen LogP contribution in [0.1, 0.15) is 27.0 Å². The van der Waals surface area contributed by atoms with Crippen LogP contribution in [0.25, 0.3) is 0 Å². The van der Waals surface area contributed by atoms with E-state index in [1.807, 2.05) is 6.92 Å². The van der Waals surface area contributed by atoms with Gasteiger partial charge in [0.25, 0.3) is 5.91 Å². The van der Waals surface area contributed by atoms with Gasteiger partial charge in [-0.2, -0.15) is 13.2 Å². The Balaban J connectivity index is 1.71. The molecule has 1 N–H and O–H groups in total. The first-order chi connectivity index (χ1) is 14.0. The highest BCUT2D eigenvalue weighted by molar-refractivity contribution is 7.90. The van der Waals surface area contributed by atoms with Gasteiger partial charge in [0.1, 0.15) is 0 Å². The van der Waals surface area contributed by atoms with E-state index < -0.39 is 27.5 Å². The third kappa shape index (κ3) is 5.27. The van der Waals surface area contributed by atoms with Gasteiger partial charge in [-0.1, -0.05) is 35.9 Å². The third-order valence-corrected chi connectivity index (χ3v) is 6.10. The van der Waals surface area contributed by atoms with Gasteiger partial charge in [0.05, 0.1) is 16.2 Å². The van der Waals surface area contributed by atoms with Crippen LogP contribution in [0.2, 0.25) is 0 Å². The number of rotatable bonds is 5. The summed E-state index contributed by atoms with van der Waals surface area (Å²) in [6.45, 7) is 1.86. The van der Waals surface area contributed by atoms with Crippen molar-refractivity contribution in [3.05, 3.63) is 95.1 Å². The van der Waals surface area contributed by atoms with E-state index in [4.69, 9.17) is 0 Å². The number of benzene rings is 3. The summed E-state index contributed by atoms with van der Waals surface area (Å²) in [5, 5.41) is 2.41. The molecule has 1 amide bonds. The highest BCUT2D eigenvalue weighted by Crippen LogP contribution is 2.30. The van der Waals surface area contributed by atoms with Crippen molar-refractivity contribution in [2.24, 2.45) is 0 Å². The molecule has 0 unspecified atom stereocenters. The van der Waals surface area contributed by atoms with Crippen molar-refractivity contribution in [3.8, 4) is 0 Å². The minimum absolute atomic E-state index is 0.0147. The van der Waals surface area contributed by atoms with Crippen molar-refractivity contribution < 1.29 is 26.4 Å². The van der Waals surface area contributed by atoms with Crippen LogP contribution in [0.3, 0.4) is 0 Å². The fourth-order valence-corrected chi connectivity index (χ4v) is 4.13. The molecule has 30 heavy (non-hydrogen) atoms. The van der Waals surface area contributed by atoms with Crippen molar-refractivity contribution in [3.63, 3.8) is 0 Å². The van der Waals surface area contributed by atoms with E-state index in [1.54, 1.807) is 24.3 Å². The summed E-state index contributed by atoms with van der Waals surface area (Å²) in [7, 11) is -3.54. The first-order valence-electron chi connectivity index (χ1n) is 8.91. The molecule has 0 bridgehead atoms. The third-order valence-electron chi connectivity index (χ3n) is 4.40. The Bertz CT molecular complexity index is 1150. The van der Waals surface area contributed by atoms with Crippen LogP contribution >= 0.6 is 0 Å². The van der Waals surface area contributed by atoms with Crippen LogP contribution in [0.4, 0.5) is 18.9 Å². The summed E-state index contributed by atoms with van der Waals surface area (Å²) in [6, 6.07) is 16.7. The number of hydrogen-bond donors (Lipinski definition) is 1. The molecule has 0 spiro atoms. The van der Waals surface area contributed by atoms with Crippen molar-refractivity contribution in [1.29, 1.82) is 0 Å². The van der Waals surface area contributed by atoms with Crippen molar-refractivity contribution in [2.75, 3.05) is 5.32 Å². The van der Waals surface area contributed by atoms with E-state index in [0.29, 0.717) is 5.56 Å². The predicted octanol–water partition coefficient (Wildman–Crippen LogP) is 5.24. The SMILES string of the molecule is Cc1ccc(S(=O)(=O)Cc2ccc(C(=O)Nc3cccc(C(F)(F)F)c3)cc2)cc1. The molecule has 8 heteroatoms. The van der Waals surface area contributed by atoms with E-state index in [-0.39, 0.29) is 21.9 Å². The van der Waals surface area contributed by atoms with Crippen LogP contribution in [0.15, 0.2) is 77.7 Å². The zero-order chi connectivity index (χ0) is 21.9. The Morgan fingerprint density at radius 2 is 1.57 bits per heavy atom. The summed E-state index contributed by atoms with van der Waals surface area (Å²) < 4.78 is 63.4. The number of hydrogen-bond acceptors (Lipinski definition) is 3. The van der Waals surface area contributed by atoms with Crippen LogP contribution < -0.4 is 5.32 Å². The second-order valence-electron chi connectivity index (χ2n) is 6.80. The maximum absolute atomic E-state index is 12.8. The van der Waals surface area contributed by atoms with Gasteiger partial charge in [-0.15, -0.1) is 0 Å². The van der Waals surface area contributed by atoms with Crippen molar-refractivity contribution in [1.82, 2.24) is 0 Å². The molecule has 0 heterocycles. The van der Waals surface area contributed by atoms with Gasteiger partial charge in [-0.05, 0) is 55.0 Å². The van der Waals surface area contributed by atoms with Crippen molar-refractivity contribution in [2.45, 2.75) is 23.7 Å². The summed E-state index contributed by atoms with van der Waals surface area (Å²) >= 11 is 0. The summed E-state index contributed by atoms with van der Waals surface area (Å²) in [6.07, 6.45) is -4.51. The number of amides is 1. The first kappa shape index (κ1) is 21.6. The Morgan fingerprint density at radius 1 is 0.933 bits per heavy atom. The Morgan fingerprint density at radius 3 is 2.17 bits per heavy atom. The molecule has 3 rings (SSSR count). The van der Waals surface area contributed by atoms with Gasteiger partial charge >= 0.3 is 6.18 Å². The monoisotopic (exact) mass is 433 g/mol. The van der Waals surface area contributed by atoms with Crippen LogP contribution in [0.5, 0.6) is 0 Å². The highest BCUT2D eigenvalue weighted by Gasteiger charge is 2.30. The molecule has 0 atom stereocenters. The zero-order valence-corrected chi connectivity index (χ0v) is 16.7. The van der Waals surface area contributed by atoms with Crippen LogP contribution in [-0.4, -0.2) is 14.3 Å². The quantitative estimate of drug-likeness (QED) is 0.599. The van der Waals surface area contributed by atoms with E-state index >= 15 is 0 Å². The molecule has 0 radical (unpaired) electrons. The van der Waals surface area contributed by atoms with Crippen molar-refractivity contribution >= 4 is 21.4 Å². The number of carbonyl (C=O) groups excluding carboxylic acids is 1. The lowest BCUT2D eigenvalue weighted by molar-refractivity contribution is -0.137. The maximum Gasteiger partial charge on any atom is 0.416 e. The second kappa shape index (κ2) is 8.31. The summed E-state index contributed by atoms with van der Waals surface area (Å²) in [4.78, 5) is 12.5. The normalized spacial score (nSPS) is 11.9. The molecule has 3 aromatic carbocycles. The molecule has 0 aliphatic rings. The molecular weight excluding hydrogens is 415 g/mol. The molecule has 156 valence electrons. The van der Waals surface area contributed by atoms with E-state index in [1.165, 1.54) is 36.4 Å². The molecule has 0 aliphatic heterocycles. The molecule has 4 nitrogen and oxygen atoms in total. The summed E-state index contributed by atoms with van der Waals surface area (Å²) in [5.74, 6) is -0.826. The van der Waals surface area contributed by atoms with E-state index in [0.717, 1.165) is 17.7 Å². The number of halogens is 3. The average Bonchev–Trinajstić information content (AvgIpc) is 2.68. The Kier molecular flexibility index (Phi) is 5.98. The molecule has 0 fully saturated rings. The van der Waals surface area contributed by atoms with E-state index in [2.05, 4.69) is 5.32 Å². The lowest BCUT2D eigenvalue weighted by atomic mass is 10.1. The molecule has 3 aromatic rings. The number of alkyl halides is 3. The number of anilines is 1. The number of sulfone groups is 1. The van der Waals surface area contributed by atoms with Gasteiger partial charge in [-0.25, -0.2) is 8.42 Å². The van der Waals surface area contributed by atoms with Crippen LogP contribution in [-0.2, 0) is 21.8 Å². The first-order valence-corrected chi connectivity index (χ1v) is 10.6. The maximum atomic E-state index is 12.8. The average molecular weight is 433 g/mol. The van der Waals surface area contributed by atoms with E-state index in [9.17, 15) is 26.4 Å². The minimum Gasteiger partial charge on any atom is -0.322 e. The second-order valence-corrected chi connectivity index (χ2v) is 8.79. The lowest BCUT2D eigenvalue weighted by Gasteiger charge is -2.10.